The summed E-state index contributed by atoms with van der Waals surface area (Å²) in [6.45, 7) is 9.48. The van der Waals surface area contributed by atoms with Gasteiger partial charge in [0.05, 0.1) is 11.3 Å². The normalized spacial score (nSPS) is 15.2. The number of amides is 4. The second-order valence-corrected chi connectivity index (χ2v) is 9.18. The number of nitrogens with one attached hydrogen (secondary N) is 1. The summed E-state index contributed by atoms with van der Waals surface area (Å²) in [6.07, 6.45) is 1.51. The molecule has 4 amide bonds. The Morgan fingerprint density at radius 2 is 1.76 bits per heavy atom. The van der Waals surface area contributed by atoms with Gasteiger partial charge in [-0.15, -0.1) is 11.3 Å². The minimum atomic E-state index is -0.773. The lowest BCUT2D eigenvalue weighted by molar-refractivity contribution is -0.122. The van der Waals surface area contributed by atoms with Crippen LogP contribution >= 0.6 is 11.3 Å². The van der Waals surface area contributed by atoms with Crippen LogP contribution in [0.2, 0.25) is 0 Å². The van der Waals surface area contributed by atoms with E-state index in [0.29, 0.717) is 16.8 Å². The monoisotopic (exact) mass is 458 g/mol. The first-order valence-corrected chi connectivity index (χ1v) is 11.1. The molecule has 3 aromatic rings. The molecule has 0 atom stereocenters. The van der Waals surface area contributed by atoms with Gasteiger partial charge >= 0.3 is 6.03 Å². The molecule has 7 nitrogen and oxygen atoms in total. The number of urea groups is 1. The van der Waals surface area contributed by atoms with Gasteiger partial charge in [0.2, 0.25) is 0 Å². The first kappa shape index (κ1) is 22.2. The van der Waals surface area contributed by atoms with Crippen LogP contribution in [0.15, 0.2) is 35.9 Å². The number of hydrogen-bond acceptors (Lipinski definition) is 5. The summed E-state index contributed by atoms with van der Waals surface area (Å²) in [5, 5.41) is 12.8. The fourth-order valence-corrected chi connectivity index (χ4v) is 5.21. The molecule has 1 aliphatic heterocycles. The van der Waals surface area contributed by atoms with E-state index < -0.39 is 17.8 Å². The largest absolute Gasteiger partial charge is 0.335 e. The number of nitrogens with zero attached hydrogens (tertiary/aromatic N) is 3. The number of imide groups is 2. The molecule has 1 N–H and O–H groups in total. The van der Waals surface area contributed by atoms with Crippen molar-refractivity contribution in [3.8, 4) is 11.1 Å². The van der Waals surface area contributed by atoms with Gasteiger partial charge in [-0.1, -0.05) is 18.2 Å². The lowest BCUT2D eigenvalue weighted by Gasteiger charge is -2.27. The molecular weight excluding hydrogens is 436 g/mol. The van der Waals surface area contributed by atoms with E-state index in [1.807, 2.05) is 44.4 Å². The molecule has 1 aromatic carbocycles. The maximum Gasteiger partial charge on any atom is 0.335 e. The van der Waals surface area contributed by atoms with E-state index in [4.69, 9.17) is 0 Å². The molecule has 4 rings (SSSR count). The second-order valence-electron chi connectivity index (χ2n) is 7.98. The highest BCUT2D eigenvalue weighted by molar-refractivity contribution is 7.14. The van der Waals surface area contributed by atoms with E-state index in [0.717, 1.165) is 37.3 Å². The number of barbiturate groups is 1. The number of anilines is 1. The number of nitriles is 1. The molecule has 1 fully saturated rings. The van der Waals surface area contributed by atoms with E-state index in [1.165, 1.54) is 17.4 Å². The second kappa shape index (κ2) is 8.19. The molecule has 0 spiro atoms. The Morgan fingerprint density at radius 1 is 1.06 bits per heavy atom. The molecule has 166 valence electrons. The van der Waals surface area contributed by atoms with Crippen molar-refractivity contribution in [3.05, 3.63) is 74.4 Å². The summed E-state index contributed by atoms with van der Waals surface area (Å²) >= 11 is 1.53. The first-order valence-electron chi connectivity index (χ1n) is 10.3. The van der Waals surface area contributed by atoms with E-state index in [2.05, 4.69) is 11.4 Å². The highest BCUT2D eigenvalue weighted by Gasteiger charge is 2.37. The predicted molar refractivity (Wildman–Crippen MR) is 127 cm³/mol. The van der Waals surface area contributed by atoms with Crippen LogP contribution in [0.5, 0.6) is 0 Å². The SMILES string of the molecule is Cc1ccccc1N1C(=O)NC(=O)/C(=C/c2cc(C)n(-c3sc(C)c(C)c3C#N)c2C)C1=O. The third-order valence-corrected chi connectivity index (χ3v) is 7.10. The van der Waals surface area contributed by atoms with Crippen molar-refractivity contribution < 1.29 is 14.4 Å². The molecule has 1 saturated heterocycles. The number of carbonyl (C=O) groups excluding carboxylic acids is 3. The number of hydrogen-bond donors (Lipinski definition) is 1. The summed E-state index contributed by atoms with van der Waals surface area (Å²) < 4.78 is 1.96. The third kappa shape index (κ3) is 3.56. The Hall–Kier alpha value is -3.96. The minimum absolute atomic E-state index is 0.128. The first-order chi connectivity index (χ1) is 15.6. The van der Waals surface area contributed by atoms with Gasteiger partial charge in [0.15, 0.2) is 0 Å². The molecule has 8 heteroatoms. The van der Waals surface area contributed by atoms with Gasteiger partial charge in [0, 0.05) is 16.3 Å². The number of carbonyl (C=O) groups is 3. The Kier molecular flexibility index (Phi) is 5.52. The molecular formula is C25H22N4O3S. The molecule has 0 bridgehead atoms. The molecule has 2 aromatic heterocycles. The van der Waals surface area contributed by atoms with Crippen molar-refractivity contribution in [2.75, 3.05) is 4.90 Å². The Labute approximate surface area is 195 Å². The summed E-state index contributed by atoms with van der Waals surface area (Å²) in [4.78, 5) is 40.4. The van der Waals surface area contributed by atoms with E-state index >= 15 is 0 Å². The zero-order valence-corrected chi connectivity index (χ0v) is 19.8. The van der Waals surface area contributed by atoms with Crippen LogP contribution in [0, 0.1) is 45.9 Å². The van der Waals surface area contributed by atoms with Gasteiger partial charge in [0.1, 0.15) is 16.6 Å². The molecule has 0 saturated carbocycles. The van der Waals surface area contributed by atoms with Gasteiger partial charge in [-0.25, -0.2) is 9.69 Å². The zero-order chi connectivity index (χ0) is 24.0. The zero-order valence-electron chi connectivity index (χ0n) is 18.9. The van der Waals surface area contributed by atoms with E-state index in [1.54, 1.807) is 25.1 Å². The van der Waals surface area contributed by atoms with Crippen LogP contribution in [0.3, 0.4) is 0 Å². The van der Waals surface area contributed by atoms with Gasteiger partial charge < -0.3 is 4.57 Å². The summed E-state index contributed by atoms with van der Waals surface area (Å²) in [6, 6.07) is 10.4. The van der Waals surface area contributed by atoms with E-state index in [-0.39, 0.29) is 5.57 Å². The Balaban J connectivity index is 1.82. The quantitative estimate of drug-likeness (QED) is 0.458. The predicted octanol–water partition coefficient (Wildman–Crippen LogP) is 4.62. The number of aryl methyl sites for hydroxylation is 3. The standard InChI is InChI=1S/C25H22N4O3S/c1-13-8-6-7-9-21(13)29-23(31)19(22(30)27-25(29)32)11-18-10-14(2)28(16(18)4)24-20(12-26)15(3)17(5)33-24/h6-11H,1-5H3,(H,27,30,32)/b19-11-. The van der Waals surface area contributed by atoms with Gasteiger partial charge in [-0.3, -0.25) is 14.9 Å². The van der Waals surface area contributed by atoms with Crippen molar-refractivity contribution in [1.82, 2.24) is 9.88 Å². The van der Waals surface area contributed by atoms with Gasteiger partial charge in [-0.05, 0) is 69.5 Å². The van der Waals surface area contributed by atoms with Crippen molar-refractivity contribution in [3.63, 3.8) is 0 Å². The van der Waals surface area contributed by atoms with Crippen LogP contribution in [-0.4, -0.2) is 22.4 Å². The lowest BCUT2D eigenvalue weighted by Crippen LogP contribution is -2.54. The van der Waals surface area contributed by atoms with Crippen LogP contribution in [0.25, 0.3) is 11.1 Å². The van der Waals surface area contributed by atoms with E-state index in [9.17, 15) is 19.6 Å². The lowest BCUT2D eigenvalue weighted by atomic mass is 10.1. The minimum Gasteiger partial charge on any atom is -0.308 e. The number of thiophene rings is 1. The molecule has 33 heavy (non-hydrogen) atoms. The maximum atomic E-state index is 13.3. The van der Waals surface area contributed by atoms with Gasteiger partial charge in [-0.2, -0.15) is 5.26 Å². The smallest absolute Gasteiger partial charge is 0.308 e. The van der Waals surface area contributed by atoms with Crippen LogP contribution < -0.4 is 10.2 Å². The van der Waals surface area contributed by atoms with Crippen LogP contribution in [0.4, 0.5) is 10.5 Å². The number of benzene rings is 1. The summed E-state index contributed by atoms with van der Waals surface area (Å²) in [5.74, 6) is -1.41. The molecule has 0 radical (unpaired) electrons. The van der Waals surface area contributed by atoms with Crippen molar-refractivity contribution in [2.45, 2.75) is 34.6 Å². The average Bonchev–Trinajstić information content (AvgIpc) is 3.20. The topological polar surface area (TPSA) is 95.2 Å². The maximum absolute atomic E-state index is 13.3. The summed E-state index contributed by atoms with van der Waals surface area (Å²) in [5.41, 5.74) is 4.91. The van der Waals surface area contributed by atoms with Crippen LogP contribution in [-0.2, 0) is 9.59 Å². The highest BCUT2D eigenvalue weighted by atomic mass is 32.1. The molecule has 1 aliphatic rings. The fraction of sp³-hybridized carbons (Fsp3) is 0.200. The van der Waals surface area contributed by atoms with Crippen molar-refractivity contribution in [1.29, 1.82) is 5.26 Å². The number of aromatic nitrogens is 1. The summed E-state index contributed by atoms with van der Waals surface area (Å²) in [7, 11) is 0. The molecule has 3 heterocycles. The Morgan fingerprint density at radius 3 is 2.42 bits per heavy atom. The highest BCUT2D eigenvalue weighted by Crippen LogP contribution is 2.34. The van der Waals surface area contributed by atoms with Crippen LogP contribution in [0.1, 0.15) is 38.5 Å². The number of rotatable bonds is 3. The van der Waals surface area contributed by atoms with Crippen molar-refractivity contribution in [2.24, 2.45) is 0 Å². The third-order valence-electron chi connectivity index (χ3n) is 5.91. The van der Waals surface area contributed by atoms with Crippen molar-refractivity contribution >= 4 is 40.9 Å². The molecule has 0 unspecified atom stereocenters. The molecule has 0 aliphatic carbocycles. The average molecular weight is 459 g/mol. The fourth-order valence-electron chi connectivity index (χ4n) is 3.99. The Bertz CT molecular complexity index is 1420. The van der Waals surface area contributed by atoms with Gasteiger partial charge in [0.25, 0.3) is 11.8 Å². The number of para-hydroxylation sites is 1.